The van der Waals surface area contributed by atoms with Crippen molar-refractivity contribution in [1.82, 2.24) is 4.90 Å². The predicted molar refractivity (Wildman–Crippen MR) is 86.6 cm³/mol. The fourth-order valence-corrected chi connectivity index (χ4v) is 3.44. The third-order valence-corrected chi connectivity index (χ3v) is 5.03. The minimum Gasteiger partial charge on any atom is -0.300 e. The Kier molecular flexibility index (Phi) is 8.77. The van der Waals surface area contributed by atoms with Crippen molar-refractivity contribution in [2.45, 2.75) is 91.5 Å². The zero-order valence-electron chi connectivity index (χ0n) is 14.0. The Morgan fingerprint density at radius 1 is 1.05 bits per heavy atom. The van der Waals surface area contributed by atoms with E-state index in [-0.39, 0.29) is 0 Å². The molecule has 1 aliphatic carbocycles. The number of hydrogen-bond donors (Lipinski definition) is 0. The van der Waals surface area contributed by atoms with Crippen LogP contribution in [0.5, 0.6) is 0 Å². The Bertz CT molecular complexity index is 208. The van der Waals surface area contributed by atoms with Crippen LogP contribution in [0, 0.1) is 11.8 Å². The molecule has 0 aromatic rings. The molecular weight excluding hydrogens is 230 g/mol. The number of rotatable bonds is 9. The molecule has 1 nitrogen and oxygen atoms in total. The fourth-order valence-electron chi connectivity index (χ4n) is 3.44. The van der Waals surface area contributed by atoms with Gasteiger partial charge in [-0.2, -0.15) is 0 Å². The highest BCUT2D eigenvalue weighted by Gasteiger charge is 2.21. The Labute approximate surface area is 122 Å². The molecule has 0 bridgehead atoms. The Hall–Kier alpha value is -0.0400. The highest BCUT2D eigenvalue weighted by molar-refractivity contribution is 4.75. The van der Waals surface area contributed by atoms with Gasteiger partial charge in [-0.1, -0.05) is 52.9 Å². The van der Waals surface area contributed by atoms with E-state index >= 15 is 0 Å². The lowest BCUT2D eigenvalue weighted by Crippen LogP contribution is -2.40. The van der Waals surface area contributed by atoms with E-state index in [2.05, 4.69) is 32.6 Å². The molecule has 1 heteroatoms. The molecule has 0 aromatic heterocycles. The zero-order valence-corrected chi connectivity index (χ0v) is 14.0. The van der Waals surface area contributed by atoms with Gasteiger partial charge in [-0.15, -0.1) is 0 Å². The van der Waals surface area contributed by atoms with Gasteiger partial charge in [0.25, 0.3) is 0 Å². The van der Waals surface area contributed by atoms with Crippen molar-refractivity contribution >= 4 is 0 Å². The molecule has 114 valence electrons. The molecule has 1 saturated carbocycles. The maximum atomic E-state index is 2.80. The van der Waals surface area contributed by atoms with Crippen LogP contribution in [-0.2, 0) is 0 Å². The Morgan fingerprint density at radius 2 is 1.74 bits per heavy atom. The first-order valence-corrected chi connectivity index (χ1v) is 8.91. The molecule has 0 amide bonds. The van der Waals surface area contributed by atoms with E-state index in [1.807, 2.05) is 0 Å². The molecule has 0 heterocycles. The van der Waals surface area contributed by atoms with Crippen LogP contribution in [0.1, 0.15) is 85.5 Å². The predicted octanol–water partition coefficient (Wildman–Crippen LogP) is 5.49. The van der Waals surface area contributed by atoms with E-state index < -0.39 is 0 Å². The second-order valence-electron chi connectivity index (χ2n) is 6.96. The molecule has 1 unspecified atom stereocenters. The Balaban J connectivity index is 2.41. The molecule has 0 N–H and O–H groups in total. The van der Waals surface area contributed by atoms with E-state index in [9.17, 15) is 0 Å². The van der Waals surface area contributed by atoms with Gasteiger partial charge in [-0.3, -0.25) is 0 Å². The van der Waals surface area contributed by atoms with E-state index in [1.54, 1.807) is 0 Å². The van der Waals surface area contributed by atoms with Crippen LogP contribution in [0.25, 0.3) is 0 Å². The third kappa shape index (κ3) is 6.79. The topological polar surface area (TPSA) is 3.24 Å². The summed E-state index contributed by atoms with van der Waals surface area (Å²) in [5.41, 5.74) is 0. The molecule has 0 aromatic carbocycles. The molecule has 1 rings (SSSR count). The smallest absolute Gasteiger partial charge is 0.00645 e. The second-order valence-corrected chi connectivity index (χ2v) is 6.96. The summed E-state index contributed by atoms with van der Waals surface area (Å²) in [5, 5.41) is 0. The molecule has 19 heavy (non-hydrogen) atoms. The molecule has 2 atom stereocenters. The fraction of sp³-hybridized carbons (Fsp3) is 1.00. The van der Waals surface area contributed by atoms with E-state index in [0.29, 0.717) is 0 Å². The monoisotopic (exact) mass is 267 g/mol. The van der Waals surface area contributed by atoms with Crippen LogP contribution in [0.4, 0.5) is 0 Å². The molecule has 0 saturated heterocycles. The van der Waals surface area contributed by atoms with E-state index in [1.165, 1.54) is 70.9 Å². The van der Waals surface area contributed by atoms with Crippen LogP contribution in [0.2, 0.25) is 0 Å². The lowest BCUT2D eigenvalue weighted by atomic mass is 9.88. The minimum atomic E-state index is 0.769. The minimum absolute atomic E-state index is 0.769. The number of hydrogen-bond acceptors (Lipinski definition) is 1. The summed E-state index contributed by atoms with van der Waals surface area (Å²) >= 11 is 0. The normalized spacial score (nSPS) is 20.7. The highest BCUT2D eigenvalue weighted by Crippen LogP contribution is 2.26. The third-order valence-electron chi connectivity index (χ3n) is 5.03. The van der Waals surface area contributed by atoms with Gasteiger partial charge < -0.3 is 4.90 Å². The van der Waals surface area contributed by atoms with Crippen molar-refractivity contribution in [1.29, 1.82) is 0 Å². The summed E-state index contributed by atoms with van der Waals surface area (Å²) in [6.07, 6.45) is 12.9. The summed E-state index contributed by atoms with van der Waals surface area (Å²) in [7, 11) is 0. The SMILES string of the molecule is CCCCC(C)CN(CC1CCCCC1)[C@H](C)CC. The van der Waals surface area contributed by atoms with Crippen LogP contribution in [-0.4, -0.2) is 24.0 Å². The van der Waals surface area contributed by atoms with Crippen LogP contribution in [0.3, 0.4) is 0 Å². The van der Waals surface area contributed by atoms with Crippen molar-refractivity contribution < 1.29 is 0 Å². The maximum absolute atomic E-state index is 2.80. The standard InChI is InChI=1S/C18H37N/c1-5-7-11-16(3)14-19(17(4)6-2)15-18-12-9-8-10-13-18/h16-18H,5-15H2,1-4H3/t16?,17-/m1/s1. The maximum Gasteiger partial charge on any atom is 0.00645 e. The van der Waals surface area contributed by atoms with Crippen LogP contribution in [0.15, 0.2) is 0 Å². The van der Waals surface area contributed by atoms with E-state index in [4.69, 9.17) is 0 Å². The summed E-state index contributed by atoms with van der Waals surface area (Å²) in [6.45, 7) is 12.2. The Morgan fingerprint density at radius 3 is 2.32 bits per heavy atom. The molecule has 1 fully saturated rings. The summed E-state index contributed by atoms with van der Waals surface area (Å²) < 4.78 is 0. The van der Waals surface area contributed by atoms with E-state index in [0.717, 1.165) is 17.9 Å². The molecule has 0 aliphatic heterocycles. The van der Waals surface area contributed by atoms with Gasteiger partial charge >= 0.3 is 0 Å². The van der Waals surface area contributed by atoms with Gasteiger partial charge in [0.15, 0.2) is 0 Å². The average molecular weight is 268 g/mol. The van der Waals surface area contributed by atoms with Gasteiger partial charge in [0, 0.05) is 19.1 Å². The zero-order chi connectivity index (χ0) is 14.1. The van der Waals surface area contributed by atoms with Crippen molar-refractivity contribution in [3.8, 4) is 0 Å². The number of nitrogens with zero attached hydrogens (tertiary/aromatic N) is 1. The van der Waals surface area contributed by atoms with Crippen molar-refractivity contribution in [2.24, 2.45) is 11.8 Å². The van der Waals surface area contributed by atoms with Crippen molar-refractivity contribution in [2.75, 3.05) is 13.1 Å². The molecule has 1 aliphatic rings. The summed E-state index contributed by atoms with van der Waals surface area (Å²) in [4.78, 5) is 2.80. The summed E-state index contributed by atoms with van der Waals surface area (Å²) in [6, 6.07) is 0.769. The lowest BCUT2D eigenvalue weighted by Gasteiger charge is -2.35. The van der Waals surface area contributed by atoms with Gasteiger partial charge in [0.2, 0.25) is 0 Å². The molecular formula is C18H37N. The molecule has 0 radical (unpaired) electrons. The quantitative estimate of drug-likeness (QED) is 0.533. The summed E-state index contributed by atoms with van der Waals surface area (Å²) in [5.74, 6) is 1.86. The average Bonchev–Trinajstić information content (AvgIpc) is 2.44. The van der Waals surface area contributed by atoms with Crippen molar-refractivity contribution in [3.63, 3.8) is 0 Å². The largest absolute Gasteiger partial charge is 0.300 e. The van der Waals surface area contributed by atoms with Crippen molar-refractivity contribution in [3.05, 3.63) is 0 Å². The van der Waals surface area contributed by atoms with Gasteiger partial charge in [-0.05, 0) is 44.4 Å². The van der Waals surface area contributed by atoms with Gasteiger partial charge in [-0.25, -0.2) is 0 Å². The highest BCUT2D eigenvalue weighted by atomic mass is 15.2. The second kappa shape index (κ2) is 9.80. The lowest BCUT2D eigenvalue weighted by molar-refractivity contribution is 0.132. The van der Waals surface area contributed by atoms with Crippen LogP contribution < -0.4 is 0 Å². The first-order chi connectivity index (χ1) is 9.17. The number of unbranched alkanes of at least 4 members (excludes halogenated alkanes) is 1. The van der Waals surface area contributed by atoms with Gasteiger partial charge in [0.05, 0.1) is 0 Å². The van der Waals surface area contributed by atoms with Crippen LogP contribution >= 0.6 is 0 Å². The first-order valence-electron chi connectivity index (χ1n) is 8.91. The first kappa shape index (κ1) is 17.0. The van der Waals surface area contributed by atoms with Gasteiger partial charge in [0.1, 0.15) is 0 Å². The molecule has 0 spiro atoms.